The third-order valence-corrected chi connectivity index (χ3v) is 5.06. The summed E-state index contributed by atoms with van der Waals surface area (Å²) in [5, 5.41) is 9.21. The molecule has 0 unspecified atom stereocenters. The third-order valence-electron chi connectivity index (χ3n) is 3.62. The number of carbonyl (C=O) groups is 1. The quantitative estimate of drug-likeness (QED) is 0.710. The van der Waals surface area contributed by atoms with Crippen LogP contribution < -0.4 is 10.3 Å². The van der Waals surface area contributed by atoms with Crippen LogP contribution in [0.1, 0.15) is 20.3 Å². The first kappa shape index (κ1) is 17.1. The van der Waals surface area contributed by atoms with Gasteiger partial charge in [-0.1, -0.05) is 20.3 Å². The van der Waals surface area contributed by atoms with E-state index in [0.29, 0.717) is 17.5 Å². The summed E-state index contributed by atoms with van der Waals surface area (Å²) in [6.07, 6.45) is 1.56. The van der Waals surface area contributed by atoms with Crippen LogP contribution in [-0.4, -0.2) is 35.5 Å². The van der Waals surface area contributed by atoms with Gasteiger partial charge in [0.15, 0.2) is 0 Å². The normalized spacial score (nSPS) is 14.5. The highest BCUT2D eigenvalue weighted by molar-refractivity contribution is 7.89. The van der Waals surface area contributed by atoms with Gasteiger partial charge in [0.05, 0.1) is 22.1 Å². The second-order valence-electron chi connectivity index (χ2n) is 5.25. The summed E-state index contributed by atoms with van der Waals surface area (Å²) in [5.74, 6) is -1.59. The van der Waals surface area contributed by atoms with Gasteiger partial charge >= 0.3 is 5.97 Å². The number of rotatable bonds is 6. The highest BCUT2D eigenvalue weighted by Gasteiger charge is 2.29. The molecule has 9 heteroatoms. The Balaban J connectivity index is 2.40. The fraction of sp³-hybridized carbons (Fsp3) is 0.357. The van der Waals surface area contributed by atoms with Crippen LogP contribution in [0.2, 0.25) is 0 Å². The molecule has 8 nitrogen and oxygen atoms in total. The molecule has 124 valence electrons. The number of aliphatic carboxylic acids is 1. The number of hydrogen-bond acceptors (Lipinski definition) is 5. The first-order valence-corrected chi connectivity index (χ1v) is 8.47. The molecule has 0 bridgehead atoms. The van der Waals surface area contributed by atoms with Crippen LogP contribution in [0.3, 0.4) is 0 Å². The summed E-state index contributed by atoms with van der Waals surface area (Å²) in [6, 6.07) is 2.77. The summed E-state index contributed by atoms with van der Waals surface area (Å²) < 4.78 is 27.0. The summed E-state index contributed by atoms with van der Waals surface area (Å²) >= 11 is 0. The van der Waals surface area contributed by atoms with Gasteiger partial charge in [-0.3, -0.25) is 9.59 Å². The molecule has 2 aromatic rings. The average Bonchev–Trinajstić information content (AvgIpc) is 2.51. The van der Waals surface area contributed by atoms with Crippen LogP contribution in [-0.2, 0) is 14.8 Å². The maximum atomic E-state index is 12.4. The molecule has 0 radical (unpaired) electrons. The SMILES string of the molecule is CC[C@H](C)[C@H](NS(=O)(=O)c1ccc2[nH]c(=O)cnc2c1)C(=O)O. The van der Waals surface area contributed by atoms with Gasteiger partial charge in [0.25, 0.3) is 5.56 Å². The zero-order chi connectivity index (χ0) is 17.2. The van der Waals surface area contributed by atoms with Crippen molar-refractivity contribution < 1.29 is 18.3 Å². The number of carboxylic acid groups (broad SMARTS) is 1. The number of aromatic amines is 1. The van der Waals surface area contributed by atoms with E-state index in [2.05, 4.69) is 14.7 Å². The Kier molecular flexibility index (Phi) is 4.81. The van der Waals surface area contributed by atoms with Gasteiger partial charge in [-0.25, -0.2) is 13.4 Å². The largest absolute Gasteiger partial charge is 0.480 e. The molecule has 0 aliphatic carbocycles. The Morgan fingerprint density at radius 1 is 1.43 bits per heavy atom. The summed E-state index contributed by atoms with van der Waals surface area (Å²) in [6.45, 7) is 3.44. The molecule has 1 aromatic heterocycles. The molecule has 0 saturated carbocycles. The highest BCUT2D eigenvalue weighted by atomic mass is 32.2. The summed E-state index contributed by atoms with van der Waals surface area (Å²) in [7, 11) is -4.02. The molecule has 0 saturated heterocycles. The Morgan fingerprint density at radius 3 is 2.74 bits per heavy atom. The predicted octanol–water partition coefficient (Wildman–Crippen LogP) is 0.701. The molecule has 0 aliphatic rings. The van der Waals surface area contributed by atoms with E-state index in [9.17, 15) is 23.1 Å². The molecular formula is C14H17N3O5S. The molecule has 0 amide bonds. The van der Waals surface area contributed by atoms with E-state index in [4.69, 9.17) is 0 Å². The molecule has 2 atom stereocenters. The van der Waals surface area contributed by atoms with Gasteiger partial charge < -0.3 is 10.1 Å². The predicted molar refractivity (Wildman–Crippen MR) is 83.6 cm³/mol. The molecule has 1 heterocycles. The second kappa shape index (κ2) is 6.47. The summed E-state index contributed by atoms with van der Waals surface area (Å²) in [5.41, 5.74) is 0.296. The van der Waals surface area contributed by atoms with E-state index >= 15 is 0 Å². The molecule has 3 N–H and O–H groups in total. The van der Waals surface area contributed by atoms with Crippen molar-refractivity contribution in [1.29, 1.82) is 0 Å². The number of nitrogens with zero attached hydrogens (tertiary/aromatic N) is 1. The van der Waals surface area contributed by atoms with Crippen molar-refractivity contribution in [3.05, 3.63) is 34.7 Å². The van der Waals surface area contributed by atoms with Gasteiger partial charge in [-0.2, -0.15) is 4.72 Å². The Morgan fingerprint density at radius 2 is 2.13 bits per heavy atom. The van der Waals surface area contributed by atoms with Crippen molar-refractivity contribution >= 4 is 27.0 Å². The van der Waals surface area contributed by atoms with Crippen LogP contribution in [0, 0.1) is 5.92 Å². The zero-order valence-electron chi connectivity index (χ0n) is 12.6. The lowest BCUT2D eigenvalue weighted by atomic mass is 10.0. The lowest BCUT2D eigenvalue weighted by Crippen LogP contribution is -2.44. The standard InChI is InChI=1S/C14H17N3O5S/c1-3-8(2)13(14(19)20)17-23(21,22)9-4-5-10-11(6-9)15-7-12(18)16-10/h4-8,13,17H,3H2,1-2H3,(H,16,18)(H,19,20)/t8-,13-/m0/s1. The number of hydrogen-bond donors (Lipinski definition) is 3. The van der Waals surface area contributed by atoms with Crippen LogP contribution in [0.4, 0.5) is 0 Å². The molecule has 1 aromatic carbocycles. The van der Waals surface area contributed by atoms with E-state index in [1.165, 1.54) is 18.2 Å². The van der Waals surface area contributed by atoms with E-state index in [-0.39, 0.29) is 10.8 Å². The van der Waals surface area contributed by atoms with Crippen molar-refractivity contribution in [1.82, 2.24) is 14.7 Å². The maximum absolute atomic E-state index is 12.4. The first-order valence-electron chi connectivity index (χ1n) is 6.99. The van der Waals surface area contributed by atoms with Gasteiger partial charge in [-0.15, -0.1) is 0 Å². The van der Waals surface area contributed by atoms with Crippen molar-refractivity contribution in [2.24, 2.45) is 5.92 Å². The van der Waals surface area contributed by atoms with Crippen molar-refractivity contribution in [2.75, 3.05) is 0 Å². The molecule has 2 rings (SSSR count). The van der Waals surface area contributed by atoms with Gasteiger partial charge in [0.1, 0.15) is 6.04 Å². The number of carboxylic acids is 1. The summed E-state index contributed by atoms with van der Waals surface area (Å²) in [4.78, 5) is 28.7. The van der Waals surface area contributed by atoms with E-state index in [1.807, 2.05) is 0 Å². The van der Waals surface area contributed by atoms with Crippen molar-refractivity contribution in [3.63, 3.8) is 0 Å². The van der Waals surface area contributed by atoms with Crippen LogP contribution in [0.25, 0.3) is 11.0 Å². The maximum Gasteiger partial charge on any atom is 0.322 e. The minimum Gasteiger partial charge on any atom is -0.480 e. The van der Waals surface area contributed by atoms with Gasteiger partial charge in [0.2, 0.25) is 10.0 Å². The number of aromatic nitrogens is 2. The van der Waals surface area contributed by atoms with E-state index in [1.54, 1.807) is 13.8 Å². The lowest BCUT2D eigenvalue weighted by molar-refractivity contribution is -0.140. The average molecular weight is 339 g/mol. The first-order chi connectivity index (χ1) is 10.7. The number of nitrogens with one attached hydrogen (secondary N) is 2. The van der Waals surface area contributed by atoms with Crippen molar-refractivity contribution in [2.45, 2.75) is 31.2 Å². The van der Waals surface area contributed by atoms with E-state index in [0.717, 1.165) is 6.20 Å². The number of H-pyrrole nitrogens is 1. The monoisotopic (exact) mass is 339 g/mol. The topological polar surface area (TPSA) is 129 Å². The highest BCUT2D eigenvalue weighted by Crippen LogP contribution is 2.17. The molecule has 0 fully saturated rings. The number of fused-ring (bicyclic) bond motifs is 1. The Bertz CT molecular complexity index is 891. The molecule has 23 heavy (non-hydrogen) atoms. The van der Waals surface area contributed by atoms with Crippen LogP contribution >= 0.6 is 0 Å². The Labute approximate surface area is 132 Å². The number of benzene rings is 1. The van der Waals surface area contributed by atoms with Gasteiger partial charge in [0, 0.05) is 0 Å². The third kappa shape index (κ3) is 3.74. The minimum absolute atomic E-state index is 0.112. The smallest absolute Gasteiger partial charge is 0.322 e. The Hall–Kier alpha value is -2.26. The zero-order valence-corrected chi connectivity index (χ0v) is 13.4. The molecule has 0 aliphatic heterocycles. The van der Waals surface area contributed by atoms with Gasteiger partial charge in [-0.05, 0) is 24.1 Å². The second-order valence-corrected chi connectivity index (χ2v) is 6.96. The molecule has 0 spiro atoms. The minimum atomic E-state index is -4.02. The van der Waals surface area contributed by atoms with E-state index < -0.39 is 27.6 Å². The van der Waals surface area contributed by atoms with Crippen molar-refractivity contribution in [3.8, 4) is 0 Å². The fourth-order valence-electron chi connectivity index (χ4n) is 2.07. The fourth-order valence-corrected chi connectivity index (χ4v) is 3.38. The lowest BCUT2D eigenvalue weighted by Gasteiger charge is -2.20. The number of sulfonamides is 1. The van der Waals surface area contributed by atoms with Crippen LogP contribution in [0.15, 0.2) is 34.1 Å². The molecular weight excluding hydrogens is 322 g/mol. The van der Waals surface area contributed by atoms with Crippen LogP contribution in [0.5, 0.6) is 0 Å².